The molecule has 1 aliphatic rings. The van der Waals surface area contributed by atoms with Crippen molar-refractivity contribution in [3.05, 3.63) is 70.8 Å². The fourth-order valence-corrected chi connectivity index (χ4v) is 3.01. The Kier molecular flexibility index (Phi) is 6.36. The Balaban J connectivity index is 1.87. The highest BCUT2D eigenvalue weighted by Crippen LogP contribution is 2.33. The van der Waals surface area contributed by atoms with E-state index in [0.29, 0.717) is 22.8 Å². The largest absolute Gasteiger partial charge is 0.482 e. The summed E-state index contributed by atoms with van der Waals surface area (Å²) in [6.45, 7) is 1.69. The predicted molar refractivity (Wildman–Crippen MR) is 106 cm³/mol. The maximum atomic E-state index is 13.0. The number of nitrogens with zero attached hydrogens (tertiary/aromatic N) is 1. The van der Waals surface area contributed by atoms with Crippen LogP contribution in [0, 0.1) is 0 Å². The smallest absolute Gasteiger partial charge is 0.343 e. The van der Waals surface area contributed by atoms with E-state index >= 15 is 0 Å². The van der Waals surface area contributed by atoms with Crippen LogP contribution in [0.5, 0.6) is 5.75 Å². The first kappa shape index (κ1) is 20.9. The molecule has 0 spiro atoms. The van der Waals surface area contributed by atoms with Gasteiger partial charge in [0.1, 0.15) is 11.5 Å². The Morgan fingerprint density at radius 1 is 1.10 bits per heavy atom. The lowest BCUT2D eigenvalue weighted by molar-refractivity contribution is -0.143. The third kappa shape index (κ3) is 4.43. The second kappa shape index (κ2) is 9.13. The van der Waals surface area contributed by atoms with Crippen LogP contribution >= 0.6 is 0 Å². The van der Waals surface area contributed by atoms with E-state index in [1.165, 1.54) is 25.4 Å². The lowest BCUT2D eigenvalue weighted by Gasteiger charge is -2.16. The summed E-state index contributed by atoms with van der Waals surface area (Å²) in [5.74, 6) is -0.333. The van der Waals surface area contributed by atoms with Gasteiger partial charge in [0.15, 0.2) is 6.61 Å². The molecule has 0 bridgehead atoms. The van der Waals surface area contributed by atoms with Gasteiger partial charge in [0.2, 0.25) is 0 Å². The second-order valence-electron chi connectivity index (χ2n) is 6.41. The van der Waals surface area contributed by atoms with Crippen molar-refractivity contribution in [1.29, 1.82) is 0 Å². The maximum absolute atomic E-state index is 13.0. The molecule has 0 saturated carbocycles. The predicted octanol–water partition coefficient (Wildman–Crippen LogP) is 2.70. The number of methoxy groups -OCH3 is 2. The summed E-state index contributed by atoms with van der Waals surface area (Å²) in [4.78, 5) is 38.1. The molecule has 1 aliphatic heterocycles. The Bertz CT molecular complexity index is 1000. The molecule has 2 aromatic rings. The average molecular weight is 411 g/mol. The number of carbonyl (C=O) groups is 3. The Morgan fingerprint density at radius 3 is 2.43 bits per heavy atom. The second-order valence-corrected chi connectivity index (χ2v) is 6.41. The summed E-state index contributed by atoms with van der Waals surface area (Å²) in [6.07, 6.45) is 3.14. The first-order valence-corrected chi connectivity index (χ1v) is 9.09. The van der Waals surface area contributed by atoms with Gasteiger partial charge in [0.05, 0.1) is 38.2 Å². The van der Waals surface area contributed by atoms with Crippen LogP contribution in [-0.2, 0) is 30.4 Å². The van der Waals surface area contributed by atoms with Gasteiger partial charge in [-0.3, -0.25) is 4.79 Å². The number of hydrogen-bond donors (Lipinski definition) is 0. The van der Waals surface area contributed by atoms with E-state index in [1.807, 2.05) is 0 Å². The fraction of sp³-hybridized carbons (Fsp3) is 0.227. The normalized spacial score (nSPS) is 15.0. The number of hydrogen-bond acceptors (Lipinski definition) is 7. The summed E-state index contributed by atoms with van der Waals surface area (Å²) < 4.78 is 20.1. The van der Waals surface area contributed by atoms with Gasteiger partial charge in [-0.2, -0.15) is 0 Å². The van der Waals surface area contributed by atoms with Crippen LogP contribution in [0.3, 0.4) is 0 Å². The SMILES string of the molecule is COC(=O)COc1ccc(/C=C2\C(=O)N(Cc3ccco3)C(C)=C2C(=O)OC)cc1. The number of furan rings is 1. The molecule has 3 rings (SSSR count). The van der Waals surface area contributed by atoms with Crippen molar-refractivity contribution in [2.75, 3.05) is 20.8 Å². The summed E-state index contributed by atoms with van der Waals surface area (Å²) in [7, 11) is 2.55. The number of ether oxygens (including phenoxy) is 3. The van der Waals surface area contributed by atoms with Gasteiger partial charge >= 0.3 is 11.9 Å². The number of amides is 1. The fourth-order valence-electron chi connectivity index (χ4n) is 3.01. The van der Waals surface area contributed by atoms with Crippen LogP contribution in [0.25, 0.3) is 6.08 Å². The molecule has 8 heteroatoms. The third-order valence-corrected chi connectivity index (χ3v) is 4.57. The zero-order chi connectivity index (χ0) is 21.7. The van der Waals surface area contributed by atoms with Gasteiger partial charge in [0.25, 0.3) is 5.91 Å². The molecule has 30 heavy (non-hydrogen) atoms. The molecule has 1 aromatic heterocycles. The number of benzene rings is 1. The number of rotatable bonds is 7. The number of esters is 2. The zero-order valence-corrected chi connectivity index (χ0v) is 16.8. The standard InChI is InChI=1S/C22H21NO7/c1-14-20(22(26)28-3)18(21(25)23(14)12-17-5-4-10-29-17)11-15-6-8-16(9-7-15)30-13-19(24)27-2/h4-11H,12-13H2,1-3H3/b18-11-. The molecule has 156 valence electrons. The van der Waals surface area contributed by atoms with E-state index in [4.69, 9.17) is 13.9 Å². The molecule has 0 aliphatic carbocycles. The van der Waals surface area contributed by atoms with E-state index in [-0.39, 0.29) is 30.2 Å². The summed E-state index contributed by atoms with van der Waals surface area (Å²) >= 11 is 0. The monoisotopic (exact) mass is 411 g/mol. The molecule has 0 fully saturated rings. The minimum absolute atomic E-state index is 0.203. The summed E-state index contributed by atoms with van der Waals surface area (Å²) in [5, 5.41) is 0. The molecular formula is C22H21NO7. The molecule has 0 saturated heterocycles. The van der Waals surface area contributed by atoms with Gasteiger partial charge in [-0.15, -0.1) is 0 Å². The molecule has 8 nitrogen and oxygen atoms in total. The van der Waals surface area contributed by atoms with Crippen LogP contribution in [-0.4, -0.2) is 43.6 Å². The summed E-state index contributed by atoms with van der Waals surface area (Å²) in [5.41, 5.74) is 1.61. The van der Waals surface area contributed by atoms with E-state index in [9.17, 15) is 14.4 Å². The van der Waals surface area contributed by atoms with Crippen LogP contribution < -0.4 is 4.74 Å². The topological polar surface area (TPSA) is 95.3 Å². The van der Waals surface area contributed by atoms with Crippen LogP contribution in [0.2, 0.25) is 0 Å². The van der Waals surface area contributed by atoms with Crippen molar-refractivity contribution >= 4 is 23.9 Å². The van der Waals surface area contributed by atoms with Gasteiger partial charge in [-0.1, -0.05) is 12.1 Å². The van der Waals surface area contributed by atoms with Crippen LogP contribution in [0.4, 0.5) is 0 Å². The molecular weight excluding hydrogens is 390 g/mol. The Hall–Kier alpha value is -3.81. The van der Waals surface area contributed by atoms with Crippen molar-refractivity contribution in [3.63, 3.8) is 0 Å². The van der Waals surface area contributed by atoms with Crippen molar-refractivity contribution in [2.24, 2.45) is 0 Å². The zero-order valence-electron chi connectivity index (χ0n) is 16.8. The molecule has 2 heterocycles. The lowest BCUT2D eigenvalue weighted by Crippen LogP contribution is -2.24. The first-order valence-electron chi connectivity index (χ1n) is 9.09. The molecule has 0 unspecified atom stereocenters. The van der Waals surface area contributed by atoms with E-state index < -0.39 is 11.9 Å². The quantitative estimate of drug-likeness (QED) is 0.511. The highest BCUT2D eigenvalue weighted by atomic mass is 16.6. The van der Waals surface area contributed by atoms with Crippen molar-refractivity contribution < 1.29 is 33.0 Å². The molecule has 0 N–H and O–H groups in total. The van der Waals surface area contributed by atoms with Gasteiger partial charge in [-0.25, -0.2) is 9.59 Å². The van der Waals surface area contributed by atoms with E-state index in [1.54, 1.807) is 49.4 Å². The lowest BCUT2D eigenvalue weighted by atomic mass is 10.0. The summed E-state index contributed by atoms with van der Waals surface area (Å²) in [6, 6.07) is 10.2. The van der Waals surface area contributed by atoms with Crippen molar-refractivity contribution in [1.82, 2.24) is 4.90 Å². The molecule has 0 atom stereocenters. The van der Waals surface area contributed by atoms with E-state index in [0.717, 1.165) is 0 Å². The average Bonchev–Trinajstić information content (AvgIpc) is 3.35. The Labute approximate surface area is 173 Å². The van der Waals surface area contributed by atoms with Gasteiger partial charge < -0.3 is 23.5 Å². The number of allylic oxidation sites excluding steroid dienone is 1. The third-order valence-electron chi connectivity index (χ3n) is 4.57. The molecule has 1 aromatic carbocycles. The van der Waals surface area contributed by atoms with E-state index in [2.05, 4.69) is 4.74 Å². The Morgan fingerprint density at radius 2 is 1.83 bits per heavy atom. The minimum atomic E-state index is -0.591. The van der Waals surface area contributed by atoms with Crippen molar-refractivity contribution in [2.45, 2.75) is 13.5 Å². The minimum Gasteiger partial charge on any atom is -0.482 e. The maximum Gasteiger partial charge on any atom is 0.343 e. The first-order chi connectivity index (χ1) is 14.4. The van der Waals surface area contributed by atoms with Gasteiger partial charge in [0, 0.05) is 5.70 Å². The highest BCUT2D eigenvalue weighted by molar-refractivity contribution is 6.16. The highest BCUT2D eigenvalue weighted by Gasteiger charge is 2.37. The van der Waals surface area contributed by atoms with Crippen LogP contribution in [0.1, 0.15) is 18.2 Å². The number of carbonyl (C=O) groups excluding carboxylic acids is 3. The molecule has 1 amide bonds. The van der Waals surface area contributed by atoms with Crippen molar-refractivity contribution in [3.8, 4) is 5.75 Å². The van der Waals surface area contributed by atoms with Crippen LogP contribution in [0.15, 0.2) is 63.9 Å². The van der Waals surface area contributed by atoms with Gasteiger partial charge in [-0.05, 0) is 42.8 Å². The molecule has 0 radical (unpaired) electrons.